The van der Waals surface area contributed by atoms with Gasteiger partial charge in [-0.25, -0.2) is 4.98 Å². The number of pyridine rings is 1. The summed E-state index contributed by atoms with van der Waals surface area (Å²) in [6, 6.07) is 2.80. The predicted octanol–water partition coefficient (Wildman–Crippen LogP) is 3.26. The lowest BCUT2D eigenvalue weighted by Gasteiger charge is -2.23. The molecular formula is C11H12BrF3N2O. The molecule has 18 heavy (non-hydrogen) atoms. The Morgan fingerprint density at radius 1 is 1.50 bits per heavy atom. The van der Waals surface area contributed by atoms with Gasteiger partial charge in [-0.1, -0.05) is 6.92 Å². The number of nitrogens with zero attached hydrogens (tertiary/aromatic N) is 2. The molecule has 100 valence electrons. The lowest BCUT2D eigenvalue weighted by molar-refractivity contribution is -0.140. The molecule has 0 aromatic carbocycles. The number of hydrogen-bond donors (Lipinski definition) is 0. The summed E-state index contributed by atoms with van der Waals surface area (Å²) >= 11 is 3.08. The lowest BCUT2D eigenvalue weighted by Crippen LogP contribution is -2.39. The molecule has 1 amide bonds. The van der Waals surface area contributed by atoms with Crippen molar-refractivity contribution in [3.8, 4) is 0 Å². The van der Waals surface area contributed by atoms with Crippen LogP contribution in [0.5, 0.6) is 0 Å². The highest BCUT2D eigenvalue weighted by Gasteiger charge is 2.32. The first-order valence-electron chi connectivity index (χ1n) is 5.31. The van der Waals surface area contributed by atoms with Gasteiger partial charge in [0.2, 0.25) is 0 Å². The van der Waals surface area contributed by atoms with Crippen molar-refractivity contribution in [1.29, 1.82) is 0 Å². The van der Waals surface area contributed by atoms with Gasteiger partial charge in [-0.05, 0) is 34.5 Å². The average molecular weight is 325 g/mol. The normalized spacial score (nSPS) is 11.4. The Labute approximate surface area is 111 Å². The molecule has 3 nitrogen and oxygen atoms in total. The van der Waals surface area contributed by atoms with E-state index >= 15 is 0 Å². The van der Waals surface area contributed by atoms with Crippen molar-refractivity contribution in [1.82, 2.24) is 9.88 Å². The molecule has 0 aliphatic heterocycles. The third kappa shape index (κ3) is 4.64. The number of halogens is 4. The first-order chi connectivity index (χ1) is 8.33. The molecule has 1 aromatic heterocycles. The SMILES string of the molecule is CCCN(CC(F)(F)F)C(=O)c1ccnc(Br)c1. The smallest absolute Gasteiger partial charge is 0.330 e. The summed E-state index contributed by atoms with van der Waals surface area (Å²) in [4.78, 5) is 16.6. The average Bonchev–Trinajstić information content (AvgIpc) is 2.26. The molecule has 0 saturated carbocycles. The Balaban J connectivity index is 2.89. The number of hydrogen-bond acceptors (Lipinski definition) is 2. The van der Waals surface area contributed by atoms with E-state index in [0.717, 1.165) is 4.90 Å². The van der Waals surface area contributed by atoms with Crippen LogP contribution in [0.3, 0.4) is 0 Å². The van der Waals surface area contributed by atoms with Gasteiger partial charge in [-0.3, -0.25) is 4.79 Å². The second kappa shape index (κ2) is 6.17. The van der Waals surface area contributed by atoms with Crippen molar-refractivity contribution in [3.63, 3.8) is 0 Å². The molecule has 0 saturated heterocycles. The molecule has 0 aliphatic carbocycles. The van der Waals surface area contributed by atoms with Gasteiger partial charge in [0.05, 0.1) is 0 Å². The maximum atomic E-state index is 12.4. The molecule has 0 aliphatic rings. The zero-order valence-corrected chi connectivity index (χ0v) is 11.3. The molecule has 0 atom stereocenters. The summed E-state index contributed by atoms with van der Waals surface area (Å²) in [5.41, 5.74) is 0.189. The number of alkyl halides is 3. The third-order valence-electron chi connectivity index (χ3n) is 2.12. The fourth-order valence-corrected chi connectivity index (χ4v) is 1.82. The van der Waals surface area contributed by atoms with Crippen LogP contribution in [0.25, 0.3) is 0 Å². The van der Waals surface area contributed by atoms with Crippen LogP contribution in [0, 0.1) is 0 Å². The van der Waals surface area contributed by atoms with Crippen molar-refractivity contribution in [3.05, 3.63) is 28.5 Å². The minimum Gasteiger partial charge on any atom is -0.330 e. The molecule has 7 heteroatoms. The second-order valence-electron chi connectivity index (χ2n) is 3.71. The standard InChI is InChI=1S/C11H12BrF3N2O/c1-2-5-17(7-11(13,14)15)10(18)8-3-4-16-9(12)6-8/h3-4,6H,2,5,7H2,1H3. The number of carbonyl (C=O) groups excluding carboxylic acids is 1. The highest BCUT2D eigenvalue weighted by molar-refractivity contribution is 9.10. The fourth-order valence-electron chi connectivity index (χ4n) is 1.46. The van der Waals surface area contributed by atoms with E-state index in [-0.39, 0.29) is 12.1 Å². The molecule has 0 bridgehead atoms. The number of rotatable bonds is 4. The summed E-state index contributed by atoms with van der Waals surface area (Å²) in [5, 5.41) is 0. The van der Waals surface area contributed by atoms with Crippen molar-refractivity contribution < 1.29 is 18.0 Å². The maximum absolute atomic E-state index is 12.4. The van der Waals surface area contributed by atoms with E-state index in [4.69, 9.17) is 0 Å². The molecular weight excluding hydrogens is 313 g/mol. The van der Waals surface area contributed by atoms with Gasteiger partial charge >= 0.3 is 6.18 Å². The zero-order valence-electron chi connectivity index (χ0n) is 9.67. The Kier molecular flexibility index (Phi) is 5.13. The molecule has 1 aromatic rings. The summed E-state index contributed by atoms with van der Waals surface area (Å²) in [6.07, 6.45) is -2.56. The van der Waals surface area contributed by atoms with Crippen LogP contribution in [0.15, 0.2) is 22.9 Å². The van der Waals surface area contributed by atoms with Gasteiger partial charge < -0.3 is 4.90 Å². The minimum absolute atomic E-state index is 0.0677. The van der Waals surface area contributed by atoms with Crippen molar-refractivity contribution in [2.75, 3.05) is 13.1 Å². The van der Waals surface area contributed by atoms with Crippen molar-refractivity contribution in [2.24, 2.45) is 0 Å². The van der Waals surface area contributed by atoms with Crippen LogP contribution < -0.4 is 0 Å². The Morgan fingerprint density at radius 3 is 2.67 bits per heavy atom. The highest BCUT2D eigenvalue weighted by atomic mass is 79.9. The molecule has 0 unspecified atom stereocenters. The first kappa shape index (κ1) is 14.9. The van der Waals surface area contributed by atoms with Crippen LogP contribution in [0.1, 0.15) is 23.7 Å². The van der Waals surface area contributed by atoms with Crippen molar-refractivity contribution in [2.45, 2.75) is 19.5 Å². The Bertz CT molecular complexity index is 423. The quantitative estimate of drug-likeness (QED) is 0.796. The molecule has 0 radical (unpaired) electrons. The van der Waals surface area contributed by atoms with Gasteiger partial charge in [0.25, 0.3) is 5.91 Å². The number of aromatic nitrogens is 1. The monoisotopic (exact) mass is 324 g/mol. The van der Waals surface area contributed by atoms with Gasteiger partial charge in [0.15, 0.2) is 0 Å². The molecule has 0 fully saturated rings. The van der Waals surface area contributed by atoms with E-state index in [2.05, 4.69) is 20.9 Å². The highest BCUT2D eigenvalue weighted by Crippen LogP contribution is 2.19. The number of amides is 1. The van der Waals surface area contributed by atoms with Gasteiger partial charge in [0.1, 0.15) is 11.1 Å². The summed E-state index contributed by atoms with van der Waals surface area (Å²) in [5.74, 6) is -0.641. The molecule has 0 spiro atoms. The van der Waals surface area contributed by atoms with E-state index in [9.17, 15) is 18.0 Å². The van der Waals surface area contributed by atoms with E-state index in [0.29, 0.717) is 11.0 Å². The van der Waals surface area contributed by atoms with Gasteiger partial charge in [0, 0.05) is 18.3 Å². The fraction of sp³-hybridized carbons (Fsp3) is 0.455. The van der Waals surface area contributed by atoms with Gasteiger partial charge in [-0.2, -0.15) is 13.2 Å². The van der Waals surface area contributed by atoms with E-state index in [1.54, 1.807) is 6.92 Å². The van der Waals surface area contributed by atoms with Crippen LogP contribution in [0.2, 0.25) is 0 Å². The van der Waals surface area contributed by atoms with Gasteiger partial charge in [-0.15, -0.1) is 0 Å². The topological polar surface area (TPSA) is 33.2 Å². The maximum Gasteiger partial charge on any atom is 0.406 e. The molecule has 1 heterocycles. The van der Waals surface area contributed by atoms with Crippen LogP contribution in [-0.4, -0.2) is 35.1 Å². The molecule has 1 rings (SSSR count). The summed E-state index contributed by atoms with van der Waals surface area (Å²) in [6.45, 7) is 0.553. The predicted molar refractivity (Wildman–Crippen MR) is 64.2 cm³/mol. The Morgan fingerprint density at radius 2 is 2.17 bits per heavy atom. The lowest BCUT2D eigenvalue weighted by atomic mass is 10.2. The summed E-state index contributed by atoms with van der Waals surface area (Å²) in [7, 11) is 0. The van der Waals surface area contributed by atoms with Crippen LogP contribution in [-0.2, 0) is 0 Å². The van der Waals surface area contributed by atoms with Crippen LogP contribution in [0.4, 0.5) is 13.2 Å². The second-order valence-corrected chi connectivity index (χ2v) is 4.52. The van der Waals surface area contributed by atoms with E-state index in [1.807, 2.05) is 0 Å². The Hall–Kier alpha value is -1.11. The largest absolute Gasteiger partial charge is 0.406 e. The minimum atomic E-state index is -4.39. The number of carbonyl (C=O) groups is 1. The summed E-state index contributed by atoms with van der Waals surface area (Å²) < 4.78 is 37.5. The van der Waals surface area contributed by atoms with E-state index in [1.165, 1.54) is 18.3 Å². The third-order valence-corrected chi connectivity index (χ3v) is 2.56. The van der Waals surface area contributed by atoms with E-state index < -0.39 is 18.6 Å². The first-order valence-corrected chi connectivity index (χ1v) is 6.10. The molecule has 0 N–H and O–H groups in total. The van der Waals surface area contributed by atoms with Crippen molar-refractivity contribution >= 4 is 21.8 Å². The zero-order chi connectivity index (χ0) is 13.8. The van der Waals surface area contributed by atoms with Crippen LogP contribution >= 0.6 is 15.9 Å².